The smallest absolute Gasteiger partial charge is 0.223 e. The summed E-state index contributed by atoms with van der Waals surface area (Å²) < 4.78 is 2.03. The predicted octanol–water partition coefficient (Wildman–Crippen LogP) is 1.67. The van der Waals surface area contributed by atoms with Gasteiger partial charge in [-0.2, -0.15) is 5.10 Å². The summed E-state index contributed by atoms with van der Waals surface area (Å²) in [6.07, 6.45) is 2.11. The summed E-state index contributed by atoms with van der Waals surface area (Å²) in [6.45, 7) is 5.16. The van der Waals surface area contributed by atoms with Gasteiger partial charge in [-0.05, 0) is 25.8 Å². The van der Waals surface area contributed by atoms with Crippen LogP contribution >= 0.6 is 0 Å². The molecule has 0 bridgehead atoms. The van der Waals surface area contributed by atoms with Gasteiger partial charge < -0.3 is 10.6 Å². The molecule has 0 saturated heterocycles. The number of hydrogen-bond acceptors (Lipinski definition) is 3. The Hall–Kier alpha value is -1.88. The van der Waals surface area contributed by atoms with Gasteiger partial charge >= 0.3 is 0 Å². The first kappa shape index (κ1) is 14.1. The Balaban J connectivity index is 1.52. The van der Waals surface area contributed by atoms with Gasteiger partial charge in [0.1, 0.15) is 0 Å². The maximum Gasteiger partial charge on any atom is 0.223 e. The number of rotatable bonds is 7. The van der Waals surface area contributed by atoms with Gasteiger partial charge in [-0.3, -0.25) is 9.48 Å². The summed E-state index contributed by atoms with van der Waals surface area (Å²) in [4.78, 5) is 11.5. The Morgan fingerprint density at radius 3 is 2.90 bits per heavy atom. The predicted molar refractivity (Wildman–Crippen MR) is 82.8 cm³/mol. The van der Waals surface area contributed by atoms with E-state index in [9.17, 15) is 4.79 Å². The van der Waals surface area contributed by atoms with Crippen LogP contribution in [0, 0.1) is 5.92 Å². The standard InChI is InChI=1S/C16H22N4O/c1-2-20-15-6-4-3-5-13(15)14(19-20)11-17-9-10-18-16(21)12-7-8-12/h3-6,12,17H,2,7-11H2,1H3,(H,18,21). The van der Waals surface area contributed by atoms with Crippen LogP contribution in [-0.2, 0) is 17.9 Å². The zero-order chi connectivity index (χ0) is 14.7. The molecule has 1 heterocycles. The lowest BCUT2D eigenvalue weighted by Crippen LogP contribution is -2.32. The van der Waals surface area contributed by atoms with Crippen LogP contribution in [0.15, 0.2) is 24.3 Å². The number of benzene rings is 1. The van der Waals surface area contributed by atoms with Gasteiger partial charge in [0.05, 0.1) is 11.2 Å². The molecule has 0 atom stereocenters. The normalized spacial score (nSPS) is 14.5. The highest BCUT2D eigenvalue weighted by molar-refractivity contribution is 5.82. The quantitative estimate of drug-likeness (QED) is 0.761. The minimum Gasteiger partial charge on any atom is -0.355 e. The molecule has 2 aromatic rings. The fourth-order valence-corrected chi connectivity index (χ4v) is 2.54. The molecule has 0 unspecified atom stereocenters. The first-order valence-corrected chi connectivity index (χ1v) is 7.72. The molecule has 0 radical (unpaired) electrons. The monoisotopic (exact) mass is 286 g/mol. The van der Waals surface area contributed by atoms with E-state index in [0.29, 0.717) is 6.54 Å². The number of carbonyl (C=O) groups is 1. The number of nitrogens with zero attached hydrogens (tertiary/aromatic N) is 2. The molecular weight excluding hydrogens is 264 g/mol. The van der Waals surface area contributed by atoms with E-state index in [2.05, 4.69) is 34.8 Å². The Morgan fingerprint density at radius 1 is 1.33 bits per heavy atom. The number of nitrogens with one attached hydrogen (secondary N) is 2. The van der Waals surface area contributed by atoms with E-state index in [1.54, 1.807) is 0 Å². The van der Waals surface area contributed by atoms with Gasteiger partial charge in [0.2, 0.25) is 5.91 Å². The maximum absolute atomic E-state index is 11.5. The van der Waals surface area contributed by atoms with Gasteiger partial charge in [0.15, 0.2) is 0 Å². The second-order valence-electron chi connectivity index (χ2n) is 5.52. The van der Waals surface area contributed by atoms with Crippen molar-refractivity contribution in [2.75, 3.05) is 13.1 Å². The Kier molecular flexibility index (Phi) is 4.20. The molecule has 2 N–H and O–H groups in total. The van der Waals surface area contributed by atoms with Gasteiger partial charge in [0.25, 0.3) is 0 Å². The fourth-order valence-electron chi connectivity index (χ4n) is 2.54. The largest absolute Gasteiger partial charge is 0.355 e. The average Bonchev–Trinajstić information content (AvgIpc) is 3.30. The molecule has 1 aromatic heterocycles. The third-order valence-corrected chi connectivity index (χ3v) is 3.88. The minimum atomic E-state index is 0.206. The van der Waals surface area contributed by atoms with Crippen molar-refractivity contribution in [1.29, 1.82) is 0 Å². The third kappa shape index (κ3) is 3.24. The van der Waals surface area contributed by atoms with Crippen LogP contribution in [0.4, 0.5) is 0 Å². The second kappa shape index (κ2) is 6.26. The number of hydrogen-bond donors (Lipinski definition) is 2. The van der Waals surface area contributed by atoms with Crippen LogP contribution in [0.2, 0.25) is 0 Å². The van der Waals surface area contributed by atoms with E-state index in [1.807, 2.05) is 16.8 Å². The average molecular weight is 286 g/mol. The van der Waals surface area contributed by atoms with Gasteiger partial charge in [0, 0.05) is 37.5 Å². The molecule has 1 aliphatic carbocycles. The number of aryl methyl sites for hydroxylation is 1. The molecule has 1 fully saturated rings. The maximum atomic E-state index is 11.5. The van der Waals surface area contributed by atoms with Crippen molar-refractivity contribution in [3.63, 3.8) is 0 Å². The Labute approximate surface area is 124 Å². The molecule has 5 nitrogen and oxygen atoms in total. The second-order valence-corrected chi connectivity index (χ2v) is 5.52. The molecule has 1 saturated carbocycles. The van der Waals surface area contributed by atoms with Crippen LogP contribution in [0.3, 0.4) is 0 Å². The van der Waals surface area contributed by atoms with Gasteiger partial charge in [-0.15, -0.1) is 0 Å². The zero-order valence-electron chi connectivity index (χ0n) is 12.4. The lowest BCUT2D eigenvalue weighted by molar-refractivity contribution is -0.122. The first-order chi connectivity index (χ1) is 10.3. The van der Waals surface area contributed by atoms with E-state index in [0.717, 1.165) is 38.2 Å². The van der Waals surface area contributed by atoms with Gasteiger partial charge in [-0.25, -0.2) is 0 Å². The van der Waals surface area contributed by atoms with Gasteiger partial charge in [-0.1, -0.05) is 18.2 Å². The molecule has 1 aromatic carbocycles. The lowest BCUT2D eigenvalue weighted by atomic mass is 10.2. The van der Waals surface area contributed by atoms with Crippen LogP contribution in [0.1, 0.15) is 25.5 Å². The highest BCUT2D eigenvalue weighted by Crippen LogP contribution is 2.28. The van der Waals surface area contributed by atoms with E-state index in [-0.39, 0.29) is 11.8 Å². The van der Waals surface area contributed by atoms with E-state index < -0.39 is 0 Å². The van der Waals surface area contributed by atoms with Crippen molar-refractivity contribution in [1.82, 2.24) is 20.4 Å². The number of amides is 1. The molecule has 21 heavy (non-hydrogen) atoms. The molecule has 1 aliphatic rings. The summed E-state index contributed by atoms with van der Waals surface area (Å²) in [5.74, 6) is 0.492. The highest BCUT2D eigenvalue weighted by Gasteiger charge is 2.28. The summed E-state index contributed by atoms with van der Waals surface area (Å²) in [7, 11) is 0. The highest BCUT2D eigenvalue weighted by atomic mass is 16.2. The van der Waals surface area contributed by atoms with E-state index >= 15 is 0 Å². The number of aromatic nitrogens is 2. The van der Waals surface area contributed by atoms with Crippen LogP contribution in [0.5, 0.6) is 0 Å². The minimum absolute atomic E-state index is 0.206. The molecule has 3 rings (SSSR count). The first-order valence-electron chi connectivity index (χ1n) is 7.72. The Bertz CT molecular complexity index is 630. The zero-order valence-corrected chi connectivity index (χ0v) is 12.4. The van der Waals surface area contributed by atoms with E-state index in [1.165, 1.54) is 10.9 Å². The Morgan fingerprint density at radius 2 is 2.14 bits per heavy atom. The molecule has 5 heteroatoms. The SMILES string of the molecule is CCn1nc(CNCCNC(=O)C2CC2)c2ccccc21. The fraction of sp³-hybridized carbons (Fsp3) is 0.500. The summed E-state index contributed by atoms with van der Waals surface area (Å²) in [6, 6.07) is 8.30. The summed E-state index contributed by atoms with van der Waals surface area (Å²) in [5.41, 5.74) is 2.25. The molecule has 0 aliphatic heterocycles. The topological polar surface area (TPSA) is 59.0 Å². The lowest BCUT2D eigenvalue weighted by Gasteiger charge is -2.05. The van der Waals surface area contributed by atoms with Crippen LogP contribution in [-0.4, -0.2) is 28.8 Å². The third-order valence-electron chi connectivity index (χ3n) is 3.88. The summed E-state index contributed by atoms with van der Waals surface area (Å²) in [5, 5.41) is 12.2. The molecule has 0 spiro atoms. The molecule has 112 valence electrons. The van der Waals surface area contributed by atoms with Crippen LogP contribution < -0.4 is 10.6 Å². The molecular formula is C16H22N4O. The van der Waals surface area contributed by atoms with Crippen molar-refractivity contribution in [2.45, 2.75) is 32.9 Å². The van der Waals surface area contributed by atoms with Crippen LogP contribution in [0.25, 0.3) is 10.9 Å². The van der Waals surface area contributed by atoms with Crippen molar-refractivity contribution < 1.29 is 4.79 Å². The number of carbonyl (C=O) groups excluding carboxylic acids is 1. The van der Waals surface area contributed by atoms with Crippen molar-refractivity contribution in [3.05, 3.63) is 30.0 Å². The van der Waals surface area contributed by atoms with E-state index in [4.69, 9.17) is 0 Å². The van der Waals surface area contributed by atoms with Crippen molar-refractivity contribution in [3.8, 4) is 0 Å². The van der Waals surface area contributed by atoms with Crippen molar-refractivity contribution in [2.24, 2.45) is 5.92 Å². The number of para-hydroxylation sites is 1. The summed E-state index contributed by atoms with van der Waals surface area (Å²) >= 11 is 0. The molecule has 1 amide bonds. The van der Waals surface area contributed by atoms with Crippen molar-refractivity contribution >= 4 is 16.8 Å². The number of fused-ring (bicyclic) bond motifs is 1.